The summed E-state index contributed by atoms with van der Waals surface area (Å²) in [7, 11) is 1.80. The van der Waals surface area contributed by atoms with Crippen LogP contribution < -0.4 is 5.32 Å². The van der Waals surface area contributed by atoms with Crippen molar-refractivity contribution in [2.75, 3.05) is 18.9 Å². The van der Waals surface area contributed by atoms with Gasteiger partial charge in [0.1, 0.15) is 5.76 Å². The van der Waals surface area contributed by atoms with Gasteiger partial charge in [-0.1, -0.05) is 24.2 Å². The second-order valence-corrected chi connectivity index (χ2v) is 5.25. The Labute approximate surface area is 122 Å². The minimum absolute atomic E-state index is 0.182. The Bertz CT molecular complexity index is 604. The highest BCUT2D eigenvalue weighted by molar-refractivity contribution is 5.91. The molecule has 0 bridgehead atoms. The lowest BCUT2D eigenvalue weighted by atomic mass is 10.2. The summed E-state index contributed by atoms with van der Waals surface area (Å²) >= 11 is 0. The summed E-state index contributed by atoms with van der Waals surface area (Å²) in [5, 5.41) is 10.2. The normalized spacial score (nSPS) is 11.3. The molecule has 0 radical (unpaired) electrons. The monoisotopic (exact) mass is 293 g/mol. The predicted octanol–water partition coefficient (Wildman–Crippen LogP) is 1.56. The van der Waals surface area contributed by atoms with Gasteiger partial charge >= 0.3 is 0 Å². The first-order valence-electron chi connectivity index (χ1n) is 6.68. The number of aryl methyl sites for hydroxylation is 1. The number of anilines is 1. The lowest BCUT2D eigenvalue weighted by Crippen LogP contribution is -2.30. The molecule has 0 aliphatic rings. The van der Waals surface area contributed by atoms with Crippen molar-refractivity contribution in [2.24, 2.45) is 0 Å². The molecule has 0 aromatic carbocycles. The van der Waals surface area contributed by atoms with Gasteiger partial charge in [-0.3, -0.25) is 9.69 Å². The third-order valence-corrected chi connectivity index (χ3v) is 2.70. The minimum atomic E-state index is -0.182. The summed E-state index contributed by atoms with van der Waals surface area (Å²) in [4.78, 5) is 17.9. The fraction of sp³-hybridized carbons (Fsp3) is 0.538. The molecule has 8 heteroatoms. The molecule has 0 aliphatic heterocycles. The van der Waals surface area contributed by atoms with E-state index in [0.717, 1.165) is 0 Å². The highest BCUT2D eigenvalue weighted by atomic mass is 16.5. The van der Waals surface area contributed by atoms with Crippen LogP contribution in [0.15, 0.2) is 15.1 Å². The molecule has 1 amide bonds. The van der Waals surface area contributed by atoms with Gasteiger partial charge < -0.3 is 14.4 Å². The van der Waals surface area contributed by atoms with Gasteiger partial charge in [0.05, 0.1) is 13.1 Å². The van der Waals surface area contributed by atoms with Crippen LogP contribution in [0.2, 0.25) is 0 Å². The zero-order chi connectivity index (χ0) is 15.4. The number of nitrogens with zero attached hydrogens (tertiary/aromatic N) is 4. The largest absolute Gasteiger partial charge is 0.360 e. The third-order valence-electron chi connectivity index (χ3n) is 2.70. The lowest BCUT2D eigenvalue weighted by molar-refractivity contribution is -0.117. The molecule has 0 atom stereocenters. The van der Waals surface area contributed by atoms with Gasteiger partial charge in [-0.25, -0.2) is 0 Å². The Morgan fingerprint density at radius 3 is 2.71 bits per heavy atom. The van der Waals surface area contributed by atoms with E-state index in [1.165, 1.54) is 0 Å². The van der Waals surface area contributed by atoms with Crippen molar-refractivity contribution in [3.63, 3.8) is 0 Å². The van der Waals surface area contributed by atoms with Crippen molar-refractivity contribution in [3.05, 3.63) is 23.5 Å². The molecule has 1 N–H and O–H groups in total. The highest BCUT2D eigenvalue weighted by Crippen LogP contribution is 2.11. The summed E-state index contributed by atoms with van der Waals surface area (Å²) in [5.41, 5.74) is 0. The van der Waals surface area contributed by atoms with Crippen LogP contribution in [0.1, 0.15) is 37.2 Å². The van der Waals surface area contributed by atoms with Crippen LogP contribution in [-0.4, -0.2) is 39.7 Å². The van der Waals surface area contributed by atoms with E-state index in [2.05, 4.69) is 20.6 Å². The number of carbonyl (C=O) groups is 1. The maximum atomic E-state index is 11.8. The van der Waals surface area contributed by atoms with Gasteiger partial charge in [0.15, 0.2) is 11.6 Å². The fourth-order valence-electron chi connectivity index (χ4n) is 1.72. The SMILES string of the molecule is Cc1cc(NC(=O)CN(C)Cc2noc(C(C)C)n2)no1. The summed E-state index contributed by atoms with van der Waals surface area (Å²) < 4.78 is 10.0. The molecule has 0 fully saturated rings. The molecule has 114 valence electrons. The zero-order valence-electron chi connectivity index (χ0n) is 12.6. The summed E-state index contributed by atoms with van der Waals surface area (Å²) in [6.07, 6.45) is 0. The Kier molecular flexibility index (Phi) is 4.69. The smallest absolute Gasteiger partial charge is 0.239 e. The van der Waals surface area contributed by atoms with E-state index < -0.39 is 0 Å². The number of likely N-dealkylation sites (N-methyl/N-ethyl adjacent to an activating group) is 1. The Balaban J connectivity index is 1.83. The number of hydrogen-bond donors (Lipinski definition) is 1. The lowest BCUT2D eigenvalue weighted by Gasteiger charge is -2.12. The third kappa shape index (κ3) is 4.38. The van der Waals surface area contributed by atoms with Crippen LogP contribution in [0.5, 0.6) is 0 Å². The summed E-state index contributed by atoms with van der Waals surface area (Å²) in [6.45, 7) is 6.35. The quantitative estimate of drug-likeness (QED) is 0.863. The average Bonchev–Trinajstić information content (AvgIpc) is 2.98. The van der Waals surface area contributed by atoms with Gasteiger partial charge in [-0.15, -0.1) is 0 Å². The number of amides is 1. The Hall–Kier alpha value is -2.22. The molecular formula is C13H19N5O3. The van der Waals surface area contributed by atoms with E-state index in [9.17, 15) is 4.79 Å². The van der Waals surface area contributed by atoms with Crippen LogP contribution in [0.3, 0.4) is 0 Å². The van der Waals surface area contributed by atoms with Crippen molar-refractivity contribution >= 4 is 11.7 Å². The van der Waals surface area contributed by atoms with Crippen LogP contribution >= 0.6 is 0 Å². The van der Waals surface area contributed by atoms with Crippen molar-refractivity contribution < 1.29 is 13.8 Å². The Morgan fingerprint density at radius 2 is 2.14 bits per heavy atom. The topological polar surface area (TPSA) is 97.3 Å². The van der Waals surface area contributed by atoms with E-state index in [-0.39, 0.29) is 18.4 Å². The first-order valence-corrected chi connectivity index (χ1v) is 6.68. The van der Waals surface area contributed by atoms with Gasteiger partial charge in [0, 0.05) is 12.0 Å². The molecule has 8 nitrogen and oxygen atoms in total. The second kappa shape index (κ2) is 6.49. The van der Waals surface area contributed by atoms with E-state index in [0.29, 0.717) is 29.8 Å². The molecule has 0 spiro atoms. The van der Waals surface area contributed by atoms with Gasteiger partial charge in [0.25, 0.3) is 0 Å². The maximum absolute atomic E-state index is 11.8. The zero-order valence-corrected chi connectivity index (χ0v) is 12.6. The fourth-order valence-corrected chi connectivity index (χ4v) is 1.72. The molecule has 2 heterocycles. The first-order chi connectivity index (χ1) is 9.94. The van der Waals surface area contributed by atoms with Gasteiger partial charge in [0.2, 0.25) is 11.8 Å². The van der Waals surface area contributed by atoms with E-state index in [1.807, 2.05) is 13.8 Å². The molecule has 0 saturated carbocycles. The van der Waals surface area contributed by atoms with Crippen LogP contribution in [0.4, 0.5) is 5.82 Å². The second-order valence-electron chi connectivity index (χ2n) is 5.25. The van der Waals surface area contributed by atoms with Crippen molar-refractivity contribution in [1.82, 2.24) is 20.2 Å². The first kappa shape index (κ1) is 15.2. The van der Waals surface area contributed by atoms with E-state index >= 15 is 0 Å². The average molecular weight is 293 g/mol. The maximum Gasteiger partial charge on any atom is 0.239 e. The van der Waals surface area contributed by atoms with Gasteiger partial charge in [-0.2, -0.15) is 4.98 Å². The number of rotatable bonds is 6. The number of aromatic nitrogens is 3. The number of hydrogen-bond acceptors (Lipinski definition) is 7. The van der Waals surface area contributed by atoms with Crippen molar-refractivity contribution in [2.45, 2.75) is 33.2 Å². The van der Waals surface area contributed by atoms with Crippen LogP contribution in [-0.2, 0) is 11.3 Å². The van der Waals surface area contributed by atoms with Crippen molar-refractivity contribution in [3.8, 4) is 0 Å². The molecule has 2 rings (SSSR count). The molecular weight excluding hydrogens is 274 g/mol. The molecule has 21 heavy (non-hydrogen) atoms. The number of carbonyl (C=O) groups excluding carboxylic acids is 1. The molecule has 2 aromatic rings. The van der Waals surface area contributed by atoms with Gasteiger partial charge in [-0.05, 0) is 14.0 Å². The predicted molar refractivity (Wildman–Crippen MR) is 74.6 cm³/mol. The molecule has 0 saturated heterocycles. The summed E-state index contributed by atoms with van der Waals surface area (Å²) in [5.74, 6) is 2.22. The standard InChI is InChI=1S/C13H19N5O3/c1-8(2)13-15-11(17-21-13)6-18(4)7-12(19)14-10-5-9(3)20-16-10/h5,8H,6-7H2,1-4H3,(H,14,16,19). The van der Waals surface area contributed by atoms with Crippen LogP contribution in [0, 0.1) is 6.92 Å². The molecule has 0 unspecified atom stereocenters. The van der Waals surface area contributed by atoms with Crippen molar-refractivity contribution in [1.29, 1.82) is 0 Å². The Morgan fingerprint density at radius 1 is 1.38 bits per heavy atom. The van der Waals surface area contributed by atoms with E-state index in [4.69, 9.17) is 9.05 Å². The molecule has 2 aromatic heterocycles. The molecule has 0 aliphatic carbocycles. The highest BCUT2D eigenvalue weighted by Gasteiger charge is 2.14. The summed E-state index contributed by atoms with van der Waals surface area (Å²) in [6, 6.07) is 1.66. The number of nitrogens with one attached hydrogen (secondary N) is 1. The minimum Gasteiger partial charge on any atom is -0.360 e. The van der Waals surface area contributed by atoms with Crippen LogP contribution in [0.25, 0.3) is 0 Å². The van der Waals surface area contributed by atoms with E-state index in [1.54, 1.807) is 24.9 Å².